The second-order valence-corrected chi connectivity index (χ2v) is 7.84. The number of benzene rings is 2. The molecule has 0 saturated heterocycles. The fraction of sp³-hybridized carbons (Fsp3) is 0.435. The lowest BCUT2D eigenvalue weighted by Gasteiger charge is -2.36. The molecule has 2 aromatic carbocycles. The minimum atomic E-state index is -0.253. The van der Waals surface area contributed by atoms with Crippen LogP contribution in [0.4, 0.5) is 16.2 Å². The number of urea groups is 1. The lowest BCUT2D eigenvalue weighted by atomic mass is 9.91. The SMILES string of the molecule is COc1cccc(C)c1NC(=O)Nc1ccc2c(c1)CCN(C1CCC1)CC2. The van der Waals surface area contributed by atoms with E-state index in [0.29, 0.717) is 11.4 Å². The molecule has 1 saturated carbocycles. The maximum absolute atomic E-state index is 12.5. The predicted molar refractivity (Wildman–Crippen MR) is 113 cm³/mol. The molecule has 1 heterocycles. The van der Waals surface area contributed by atoms with E-state index in [-0.39, 0.29) is 6.03 Å². The highest BCUT2D eigenvalue weighted by atomic mass is 16.5. The van der Waals surface area contributed by atoms with Crippen LogP contribution in [0.15, 0.2) is 36.4 Å². The summed E-state index contributed by atoms with van der Waals surface area (Å²) in [4.78, 5) is 15.2. The number of rotatable bonds is 4. The molecule has 5 nitrogen and oxygen atoms in total. The van der Waals surface area contributed by atoms with E-state index in [9.17, 15) is 4.79 Å². The number of nitrogens with zero attached hydrogens (tertiary/aromatic N) is 1. The highest BCUT2D eigenvalue weighted by Crippen LogP contribution is 2.29. The second-order valence-electron chi connectivity index (χ2n) is 7.84. The van der Waals surface area contributed by atoms with Gasteiger partial charge in [0.15, 0.2) is 0 Å². The average molecular weight is 380 g/mol. The van der Waals surface area contributed by atoms with Gasteiger partial charge in [-0.25, -0.2) is 4.79 Å². The van der Waals surface area contributed by atoms with Crippen LogP contribution in [0.5, 0.6) is 5.75 Å². The van der Waals surface area contributed by atoms with Crippen molar-refractivity contribution in [1.29, 1.82) is 0 Å². The molecule has 0 spiro atoms. The highest BCUT2D eigenvalue weighted by molar-refractivity contribution is 6.01. The van der Waals surface area contributed by atoms with Crippen molar-refractivity contribution in [3.8, 4) is 5.75 Å². The van der Waals surface area contributed by atoms with Crippen LogP contribution in [0.2, 0.25) is 0 Å². The molecule has 1 aliphatic carbocycles. The molecule has 2 N–H and O–H groups in total. The van der Waals surface area contributed by atoms with E-state index in [1.807, 2.05) is 31.2 Å². The quantitative estimate of drug-likeness (QED) is 0.816. The Balaban J connectivity index is 1.42. The minimum absolute atomic E-state index is 0.253. The number of para-hydroxylation sites is 1. The Hall–Kier alpha value is -2.53. The molecule has 0 aromatic heterocycles. The summed E-state index contributed by atoms with van der Waals surface area (Å²) in [6, 6.07) is 12.6. The van der Waals surface area contributed by atoms with Crippen molar-refractivity contribution >= 4 is 17.4 Å². The lowest BCUT2D eigenvalue weighted by molar-refractivity contribution is 0.133. The van der Waals surface area contributed by atoms with Crippen molar-refractivity contribution in [2.24, 2.45) is 0 Å². The molecule has 2 aliphatic rings. The second kappa shape index (κ2) is 8.23. The number of amides is 2. The van der Waals surface area contributed by atoms with Gasteiger partial charge in [-0.05, 0) is 67.5 Å². The van der Waals surface area contributed by atoms with Gasteiger partial charge in [-0.2, -0.15) is 0 Å². The molecule has 28 heavy (non-hydrogen) atoms. The van der Waals surface area contributed by atoms with Gasteiger partial charge in [0.2, 0.25) is 0 Å². The third-order valence-corrected chi connectivity index (χ3v) is 6.08. The zero-order valence-electron chi connectivity index (χ0n) is 16.8. The van der Waals surface area contributed by atoms with E-state index in [4.69, 9.17) is 4.74 Å². The largest absolute Gasteiger partial charge is 0.495 e. The number of methoxy groups -OCH3 is 1. The molecule has 1 aliphatic heterocycles. The Morgan fingerprint density at radius 2 is 1.86 bits per heavy atom. The van der Waals surface area contributed by atoms with E-state index in [0.717, 1.165) is 43.2 Å². The van der Waals surface area contributed by atoms with Gasteiger partial charge < -0.3 is 15.4 Å². The minimum Gasteiger partial charge on any atom is -0.495 e. The smallest absolute Gasteiger partial charge is 0.323 e. The van der Waals surface area contributed by atoms with Gasteiger partial charge in [0.05, 0.1) is 12.8 Å². The summed E-state index contributed by atoms with van der Waals surface area (Å²) in [7, 11) is 1.61. The van der Waals surface area contributed by atoms with E-state index < -0.39 is 0 Å². The summed E-state index contributed by atoms with van der Waals surface area (Å²) in [5.41, 5.74) is 5.27. The molecule has 4 rings (SSSR count). The van der Waals surface area contributed by atoms with Gasteiger partial charge in [0, 0.05) is 24.8 Å². The Labute approximate surface area is 167 Å². The molecule has 148 valence electrons. The molecule has 0 unspecified atom stereocenters. The fourth-order valence-electron chi connectivity index (χ4n) is 4.18. The van der Waals surface area contributed by atoms with E-state index in [1.165, 1.54) is 30.4 Å². The summed E-state index contributed by atoms with van der Waals surface area (Å²) in [5, 5.41) is 5.90. The van der Waals surface area contributed by atoms with Crippen molar-refractivity contribution in [2.75, 3.05) is 30.8 Å². The van der Waals surface area contributed by atoms with Crippen LogP contribution in [0.1, 0.15) is 36.0 Å². The number of nitrogens with one attached hydrogen (secondary N) is 2. The molecule has 0 radical (unpaired) electrons. The fourth-order valence-corrected chi connectivity index (χ4v) is 4.18. The summed E-state index contributed by atoms with van der Waals surface area (Å²) in [6.07, 6.45) is 6.23. The van der Waals surface area contributed by atoms with E-state index >= 15 is 0 Å². The molecular weight excluding hydrogens is 350 g/mol. The summed E-state index contributed by atoms with van der Waals surface area (Å²) >= 11 is 0. The molecular formula is C23H29N3O2. The van der Waals surface area contributed by atoms with Crippen LogP contribution >= 0.6 is 0 Å². The maximum atomic E-state index is 12.5. The summed E-state index contributed by atoms with van der Waals surface area (Å²) < 4.78 is 5.36. The first-order chi connectivity index (χ1) is 13.6. The van der Waals surface area contributed by atoms with Crippen molar-refractivity contribution in [3.05, 3.63) is 53.1 Å². The maximum Gasteiger partial charge on any atom is 0.323 e. The number of aryl methyl sites for hydroxylation is 1. The first-order valence-corrected chi connectivity index (χ1v) is 10.2. The number of hydrogen-bond acceptors (Lipinski definition) is 3. The standard InChI is InChI=1S/C23H29N3O2/c1-16-5-3-8-21(28-2)22(16)25-23(27)24-19-10-9-17-11-13-26(20-6-4-7-20)14-12-18(17)15-19/h3,5,8-10,15,20H,4,6-7,11-14H2,1-2H3,(H2,24,25,27). The molecule has 0 atom stereocenters. The number of carbonyl (C=O) groups is 1. The number of fused-ring (bicyclic) bond motifs is 1. The Morgan fingerprint density at radius 3 is 2.57 bits per heavy atom. The van der Waals surface area contributed by atoms with Gasteiger partial charge in [-0.3, -0.25) is 4.90 Å². The van der Waals surface area contributed by atoms with Gasteiger partial charge in [-0.1, -0.05) is 24.6 Å². The Morgan fingerprint density at radius 1 is 1.07 bits per heavy atom. The molecule has 2 aromatic rings. The monoisotopic (exact) mass is 379 g/mol. The number of carbonyl (C=O) groups excluding carboxylic acids is 1. The highest BCUT2D eigenvalue weighted by Gasteiger charge is 2.26. The number of ether oxygens (including phenoxy) is 1. The predicted octanol–water partition coefficient (Wildman–Crippen LogP) is 4.60. The number of hydrogen-bond donors (Lipinski definition) is 2. The van der Waals surface area contributed by atoms with Crippen LogP contribution in [0, 0.1) is 6.92 Å². The molecule has 1 fully saturated rings. The van der Waals surface area contributed by atoms with Crippen LogP contribution in [0.25, 0.3) is 0 Å². The van der Waals surface area contributed by atoms with Gasteiger partial charge in [-0.15, -0.1) is 0 Å². The summed E-state index contributed by atoms with van der Waals surface area (Å²) in [6.45, 7) is 4.22. The molecule has 0 bridgehead atoms. The summed E-state index contributed by atoms with van der Waals surface area (Å²) in [5.74, 6) is 0.660. The first-order valence-electron chi connectivity index (χ1n) is 10.2. The van der Waals surface area contributed by atoms with Crippen molar-refractivity contribution in [2.45, 2.75) is 45.1 Å². The lowest BCUT2D eigenvalue weighted by Crippen LogP contribution is -2.41. The Kier molecular flexibility index (Phi) is 5.53. The zero-order chi connectivity index (χ0) is 19.5. The number of anilines is 2. The van der Waals surface area contributed by atoms with Crippen molar-refractivity contribution in [3.63, 3.8) is 0 Å². The Bertz CT molecular complexity index is 861. The average Bonchev–Trinajstić information content (AvgIpc) is 2.84. The van der Waals surface area contributed by atoms with Crippen LogP contribution in [-0.4, -0.2) is 37.2 Å². The van der Waals surface area contributed by atoms with Gasteiger partial charge in [0.1, 0.15) is 5.75 Å². The van der Waals surface area contributed by atoms with Crippen LogP contribution in [-0.2, 0) is 12.8 Å². The topological polar surface area (TPSA) is 53.6 Å². The van der Waals surface area contributed by atoms with Crippen molar-refractivity contribution in [1.82, 2.24) is 4.90 Å². The third-order valence-electron chi connectivity index (χ3n) is 6.08. The van der Waals surface area contributed by atoms with Crippen molar-refractivity contribution < 1.29 is 9.53 Å². The van der Waals surface area contributed by atoms with Crippen LogP contribution < -0.4 is 15.4 Å². The van der Waals surface area contributed by atoms with Gasteiger partial charge >= 0.3 is 6.03 Å². The zero-order valence-corrected chi connectivity index (χ0v) is 16.8. The normalized spacial score (nSPS) is 17.2. The van der Waals surface area contributed by atoms with E-state index in [2.05, 4.69) is 27.7 Å². The molecule has 5 heteroatoms. The van der Waals surface area contributed by atoms with E-state index in [1.54, 1.807) is 7.11 Å². The van der Waals surface area contributed by atoms with Crippen LogP contribution in [0.3, 0.4) is 0 Å². The first kappa shape index (κ1) is 18.8. The molecule has 2 amide bonds. The van der Waals surface area contributed by atoms with Gasteiger partial charge in [0.25, 0.3) is 0 Å². The third kappa shape index (κ3) is 3.99.